The van der Waals surface area contributed by atoms with Crippen LogP contribution in [0.2, 0.25) is 0 Å². The Labute approximate surface area is 174 Å². The van der Waals surface area contributed by atoms with Gasteiger partial charge in [-0.3, -0.25) is 4.79 Å². The Bertz CT molecular complexity index is 1110. The number of anilines is 2. The van der Waals surface area contributed by atoms with Gasteiger partial charge < -0.3 is 26.2 Å². The Morgan fingerprint density at radius 1 is 1.13 bits per heavy atom. The summed E-state index contributed by atoms with van der Waals surface area (Å²) in [5.74, 6) is -0.324. The smallest absolute Gasteiger partial charge is 0.269 e. The standard InChI is InChI=1S/C22H23N5O3/c1-13-5-6-16(28)12-17(13)19-18(23)20(21(24)29)26-22(25-19)14-3-2-4-15(11-14)27-7-9-30-10-8-27/h2-6,11-12,28H,7-10,23H2,1H3,(H2,24,29). The molecular weight excluding hydrogens is 382 g/mol. The fourth-order valence-corrected chi connectivity index (χ4v) is 3.52. The highest BCUT2D eigenvalue weighted by Crippen LogP contribution is 2.33. The number of phenols is 1. The zero-order chi connectivity index (χ0) is 21.3. The van der Waals surface area contributed by atoms with E-state index in [2.05, 4.69) is 14.9 Å². The lowest BCUT2D eigenvalue weighted by atomic mass is 10.0. The summed E-state index contributed by atoms with van der Waals surface area (Å²) in [4.78, 5) is 23.3. The van der Waals surface area contributed by atoms with E-state index in [0.717, 1.165) is 29.9 Å². The molecule has 1 saturated heterocycles. The predicted molar refractivity (Wildman–Crippen MR) is 115 cm³/mol. The molecule has 1 amide bonds. The molecule has 154 valence electrons. The number of amides is 1. The molecule has 4 rings (SSSR count). The Hall–Kier alpha value is -3.65. The average molecular weight is 405 g/mol. The van der Waals surface area contributed by atoms with Crippen LogP contribution in [0, 0.1) is 6.92 Å². The number of hydrogen-bond donors (Lipinski definition) is 3. The lowest BCUT2D eigenvalue weighted by Crippen LogP contribution is -2.36. The van der Waals surface area contributed by atoms with E-state index >= 15 is 0 Å². The average Bonchev–Trinajstić information content (AvgIpc) is 2.76. The van der Waals surface area contributed by atoms with E-state index in [9.17, 15) is 9.90 Å². The largest absolute Gasteiger partial charge is 0.508 e. The van der Waals surface area contributed by atoms with Crippen LogP contribution in [0.4, 0.5) is 11.4 Å². The number of aromatic hydroxyl groups is 1. The lowest BCUT2D eigenvalue weighted by molar-refractivity contribution is 0.0996. The number of carbonyl (C=O) groups excluding carboxylic acids is 1. The fourth-order valence-electron chi connectivity index (χ4n) is 3.52. The molecule has 3 aromatic rings. The van der Waals surface area contributed by atoms with Crippen molar-refractivity contribution in [1.29, 1.82) is 0 Å². The van der Waals surface area contributed by atoms with Crippen molar-refractivity contribution in [2.75, 3.05) is 36.9 Å². The van der Waals surface area contributed by atoms with Crippen LogP contribution in [0.3, 0.4) is 0 Å². The number of morpholine rings is 1. The van der Waals surface area contributed by atoms with Crippen molar-refractivity contribution in [3.05, 3.63) is 53.7 Å². The number of nitrogen functional groups attached to an aromatic ring is 1. The summed E-state index contributed by atoms with van der Waals surface area (Å²) in [5.41, 5.74) is 15.4. The van der Waals surface area contributed by atoms with Crippen molar-refractivity contribution < 1.29 is 14.6 Å². The van der Waals surface area contributed by atoms with Crippen molar-refractivity contribution in [2.24, 2.45) is 5.73 Å². The van der Waals surface area contributed by atoms with Gasteiger partial charge in [0.15, 0.2) is 11.5 Å². The Morgan fingerprint density at radius 2 is 1.90 bits per heavy atom. The minimum absolute atomic E-state index is 0.0467. The monoisotopic (exact) mass is 405 g/mol. The SMILES string of the molecule is Cc1ccc(O)cc1-c1nc(-c2cccc(N3CCOCC3)c2)nc(C(N)=O)c1N. The highest BCUT2D eigenvalue weighted by Gasteiger charge is 2.20. The number of aromatic nitrogens is 2. The van der Waals surface area contributed by atoms with Crippen molar-refractivity contribution in [3.63, 3.8) is 0 Å². The molecule has 0 atom stereocenters. The van der Waals surface area contributed by atoms with Crippen LogP contribution < -0.4 is 16.4 Å². The van der Waals surface area contributed by atoms with Crippen LogP contribution in [0.5, 0.6) is 5.75 Å². The van der Waals surface area contributed by atoms with Gasteiger partial charge in [0, 0.05) is 29.9 Å². The molecule has 8 heteroatoms. The zero-order valence-electron chi connectivity index (χ0n) is 16.6. The lowest BCUT2D eigenvalue weighted by Gasteiger charge is -2.29. The molecule has 1 fully saturated rings. The zero-order valence-corrected chi connectivity index (χ0v) is 16.6. The van der Waals surface area contributed by atoms with Gasteiger partial charge in [-0.2, -0.15) is 0 Å². The molecule has 2 heterocycles. The number of nitrogens with two attached hydrogens (primary N) is 2. The second-order valence-corrected chi connectivity index (χ2v) is 7.17. The minimum atomic E-state index is -0.737. The summed E-state index contributed by atoms with van der Waals surface area (Å²) in [7, 11) is 0. The molecule has 0 aliphatic carbocycles. The third kappa shape index (κ3) is 3.77. The molecule has 0 saturated carbocycles. The Balaban J connectivity index is 1.86. The highest BCUT2D eigenvalue weighted by molar-refractivity contribution is 5.99. The maximum atomic E-state index is 12.0. The fraction of sp³-hybridized carbons (Fsp3) is 0.227. The van der Waals surface area contributed by atoms with Gasteiger partial charge in [-0.05, 0) is 36.8 Å². The van der Waals surface area contributed by atoms with E-state index in [-0.39, 0.29) is 17.1 Å². The maximum absolute atomic E-state index is 12.0. The van der Waals surface area contributed by atoms with E-state index in [1.54, 1.807) is 18.2 Å². The van der Waals surface area contributed by atoms with E-state index in [1.807, 2.05) is 31.2 Å². The van der Waals surface area contributed by atoms with Gasteiger partial charge in [-0.25, -0.2) is 9.97 Å². The number of benzene rings is 2. The minimum Gasteiger partial charge on any atom is -0.508 e. The van der Waals surface area contributed by atoms with Gasteiger partial charge in [0.1, 0.15) is 5.75 Å². The molecule has 1 aromatic heterocycles. The number of hydrogen-bond acceptors (Lipinski definition) is 7. The molecular formula is C22H23N5O3. The van der Waals surface area contributed by atoms with E-state index < -0.39 is 5.91 Å². The van der Waals surface area contributed by atoms with Gasteiger partial charge in [0.05, 0.1) is 24.6 Å². The highest BCUT2D eigenvalue weighted by atomic mass is 16.5. The first-order chi connectivity index (χ1) is 14.4. The number of phenolic OH excluding ortho intramolecular Hbond substituents is 1. The van der Waals surface area contributed by atoms with Gasteiger partial charge >= 0.3 is 0 Å². The molecule has 1 aliphatic rings. The number of rotatable bonds is 4. The van der Waals surface area contributed by atoms with E-state index in [1.165, 1.54) is 0 Å². The summed E-state index contributed by atoms with van der Waals surface area (Å²) >= 11 is 0. The summed E-state index contributed by atoms with van der Waals surface area (Å²) in [6.45, 7) is 4.82. The second kappa shape index (κ2) is 8.00. The van der Waals surface area contributed by atoms with Crippen LogP contribution in [0.15, 0.2) is 42.5 Å². The molecule has 2 aromatic carbocycles. The third-order valence-corrected chi connectivity index (χ3v) is 5.14. The van der Waals surface area contributed by atoms with Crippen molar-refractivity contribution in [2.45, 2.75) is 6.92 Å². The number of aryl methyl sites for hydroxylation is 1. The first-order valence-corrected chi connectivity index (χ1v) is 9.64. The summed E-state index contributed by atoms with van der Waals surface area (Å²) < 4.78 is 5.42. The molecule has 0 bridgehead atoms. The Morgan fingerprint density at radius 3 is 2.63 bits per heavy atom. The van der Waals surface area contributed by atoms with Gasteiger partial charge in [0.25, 0.3) is 5.91 Å². The molecule has 0 spiro atoms. The summed E-state index contributed by atoms with van der Waals surface area (Å²) in [6.07, 6.45) is 0. The Kier molecular flexibility index (Phi) is 5.24. The topological polar surface area (TPSA) is 128 Å². The second-order valence-electron chi connectivity index (χ2n) is 7.17. The quantitative estimate of drug-likeness (QED) is 0.608. The first kappa shape index (κ1) is 19.7. The molecule has 5 N–H and O–H groups in total. The van der Waals surface area contributed by atoms with Gasteiger partial charge in [0.2, 0.25) is 0 Å². The van der Waals surface area contributed by atoms with Crippen LogP contribution in [0.1, 0.15) is 16.1 Å². The maximum Gasteiger partial charge on any atom is 0.269 e. The van der Waals surface area contributed by atoms with Crippen molar-refractivity contribution in [1.82, 2.24) is 9.97 Å². The molecule has 30 heavy (non-hydrogen) atoms. The number of primary amides is 1. The van der Waals surface area contributed by atoms with Crippen molar-refractivity contribution >= 4 is 17.3 Å². The van der Waals surface area contributed by atoms with Crippen molar-refractivity contribution in [3.8, 4) is 28.4 Å². The molecule has 0 radical (unpaired) electrons. The van der Waals surface area contributed by atoms with Crippen LogP contribution in [0.25, 0.3) is 22.6 Å². The van der Waals surface area contributed by atoms with E-state index in [4.69, 9.17) is 16.2 Å². The molecule has 0 unspecified atom stereocenters. The number of carbonyl (C=O) groups is 1. The van der Waals surface area contributed by atoms with Gasteiger partial charge in [-0.1, -0.05) is 18.2 Å². The predicted octanol–water partition coefficient (Wildman–Crippen LogP) is 2.34. The first-order valence-electron chi connectivity index (χ1n) is 9.64. The number of ether oxygens (including phenoxy) is 1. The third-order valence-electron chi connectivity index (χ3n) is 5.14. The van der Waals surface area contributed by atoms with Crippen LogP contribution in [-0.4, -0.2) is 47.3 Å². The summed E-state index contributed by atoms with van der Waals surface area (Å²) in [5, 5.41) is 9.94. The normalized spacial score (nSPS) is 14.0. The molecule has 1 aliphatic heterocycles. The summed E-state index contributed by atoms with van der Waals surface area (Å²) in [6, 6.07) is 12.7. The molecule has 8 nitrogen and oxygen atoms in total. The van der Waals surface area contributed by atoms with Crippen LogP contribution in [-0.2, 0) is 4.74 Å². The van der Waals surface area contributed by atoms with Crippen LogP contribution >= 0.6 is 0 Å². The van der Waals surface area contributed by atoms with Gasteiger partial charge in [-0.15, -0.1) is 0 Å². The van der Waals surface area contributed by atoms with E-state index in [0.29, 0.717) is 30.3 Å². The number of nitrogens with zero attached hydrogens (tertiary/aromatic N) is 3.